The quantitative estimate of drug-likeness (QED) is 0.672. The molecule has 0 unspecified atom stereocenters. The maximum absolute atomic E-state index is 12.9. The molecular weight excluding hydrogens is 435 g/mol. The summed E-state index contributed by atoms with van der Waals surface area (Å²) in [5.74, 6) is 0.795. The van der Waals surface area contributed by atoms with Gasteiger partial charge in [0.05, 0.1) is 17.6 Å². The summed E-state index contributed by atoms with van der Waals surface area (Å²) in [4.78, 5) is 29.5. The summed E-state index contributed by atoms with van der Waals surface area (Å²) >= 11 is 12.6. The molecule has 1 aromatic heterocycles. The first kappa shape index (κ1) is 22.2. The highest BCUT2D eigenvalue weighted by Gasteiger charge is 2.26. The summed E-state index contributed by atoms with van der Waals surface area (Å²) in [6.45, 7) is 4.45. The van der Waals surface area contributed by atoms with E-state index < -0.39 is 0 Å². The van der Waals surface area contributed by atoms with Crippen LogP contribution >= 0.6 is 23.2 Å². The summed E-state index contributed by atoms with van der Waals surface area (Å²) in [5, 5.41) is 5.03. The van der Waals surface area contributed by atoms with Crippen LogP contribution in [0.25, 0.3) is 5.69 Å². The molecule has 1 saturated heterocycles. The van der Waals surface area contributed by atoms with Gasteiger partial charge >= 0.3 is 0 Å². The Hall–Kier alpha value is -2.05. The van der Waals surface area contributed by atoms with Gasteiger partial charge in [-0.1, -0.05) is 48.5 Å². The van der Waals surface area contributed by atoms with Crippen molar-refractivity contribution in [1.82, 2.24) is 14.7 Å². The largest absolute Gasteiger partial charge is 0.365 e. The number of hydrogen-bond acceptors (Lipinski definition) is 4. The fourth-order valence-electron chi connectivity index (χ4n) is 4.51. The molecule has 2 fully saturated rings. The van der Waals surface area contributed by atoms with Gasteiger partial charge in [-0.25, -0.2) is 0 Å². The van der Waals surface area contributed by atoms with Crippen molar-refractivity contribution in [3.05, 3.63) is 50.4 Å². The minimum atomic E-state index is -0.380. The second-order valence-corrected chi connectivity index (χ2v) is 9.36. The number of hydrogen-bond donors (Lipinski definition) is 0. The van der Waals surface area contributed by atoms with Gasteiger partial charge in [0.1, 0.15) is 5.02 Å². The van der Waals surface area contributed by atoms with Crippen molar-refractivity contribution in [3.8, 4) is 5.69 Å². The monoisotopic (exact) mass is 462 g/mol. The minimum absolute atomic E-state index is 0.133. The molecule has 2 heterocycles. The molecule has 0 radical (unpaired) electrons. The zero-order chi connectivity index (χ0) is 22.0. The van der Waals surface area contributed by atoms with E-state index in [0.29, 0.717) is 54.9 Å². The lowest BCUT2D eigenvalue weighted by atomic mass is 9.86. The van der Waals surface area contributed by atoms with Crippen LogP contribution in [0.3, 0.4) is 0 Å². The maximum Gasteiger partial charge on any atom is 0.292 e. The molecular formula is C23H28Cl2N4O2. The summed E-state index contributed by atoms with van der Waals surface area (Å²) in [7, 11) is 0. The number of anilines is 1. The van der Waals surface area contributed by atoms with E-state index in [1.54, 1.807) is 18.3 Å². The zero-order valence-electron chi connectivity index (χ0n) is 17.8. The van der Waals surface area contributed by atoms with Crippen molar-refractivity contribution in [2.24, 2.45) is 5.92 Å². The fraction of sp³-hybridized carbons (Fsp3) is 0.522. The Labute approximate surface area is 192 Å². The molecule has 0 bridgehead atoms. The number of benzene rings is 1. The number of rotatable bonds is 4. The van der Waals surface area contributed by atoms with Gasteiger partial charge in [0, 0.05) is 37.6 Å². The Morgan fingerprint density at radius 3 is 2.48 bits per heavy atom. The fourth-order valence-corrected chi connectivity index (χ4v) is 4.93. The van der Waals surface area contributed by atoms with E-state index in [0.717, 1.165) is 5.56 Å². The summed E-state index contributed by atoms with van der Waals surface area (Å²) < 4.78 is 1.26. The average Bonchev–Trinajstić information content (AvgIpc) is 2.78. The average molecular weight is 463 g/mol. The van der Waals surface area contributed by atoms with Crippen LogP contribution in [-0.4, -0.2) is 46.8 Å². The molecule has 1 amide bonds. The van der Waals surface area contributed by atoms with Crippen LogP contribution in [0.1, 0.15) is 44.1 Å². The lowest BCUT2D eigenvalue weighted by molar-refractivity contribution is -0.132. The van der Waals surface area contributed by atoms with Crippen molar-refractivity contribution in [3.63, 3.8) is 0 Å². The van der Waals surface area contributed by atoms with Gasteiger partial charge in [-0.05, 0) is 43.4 Å². The van der Waals surface area contributed by atoms with Crippen molar-refractivity contribution < 1.29 is 4.79 Å². The van der Waals surface area contributed by atoms with Gasteiger partial charge in [-0.3, -0.25) is 9.59 Å². The molecule has 31 heavy (non-hydrogen) atoms. The Morgan fingerprint density at radius 1 is 1.10 bits per heavy atom. The molecule has 0 N–H and O–H groups in total. The number of carbonyl (C=O) groups excluding carboxylic acids is 1. The smallest absolute Gasteiger partial charge is 0.292 e. The molecule has 2 aliphatic rings. The van der Waals surface area contributed by atoms with Crippen LogP contribution in [0.5, 0.6) is 0 Å². The maximum atomic E-state index is 12.9. The van der Waals surface area contributed by atoms with Gasteiger partial charge in [-0.2, -0.15) is 9.78 Å². The van der Waals surface area contributed by atoms with E-state index in [-0.39, 0.29) is 16.5 Å². The van der Waals surface area contributed by atoms with E-state index in [4.69, 9.17) is 23.2 Å². The lowest BCUT2D eigenvalue weighted by Gasteiger charge is -2.37. The van der Waals surface area contributed by atoms with Crippen molar-refractivity contribution in [2.75, 3.05) is 31.1 Å². The van der Waals surface area contributed by atoms with Crippen LogP contribution in [0.15, 0.2) is 29.2 Å². The van der Waals surface area contributed by atoms with Gasteiger partial charge < -0.3 is 9.80 Å². The van der Waals surface area contributed by atoms with Crippen LogP contribution in [0, 0.1) is 12.8 Å². The molecule has 1 saturated carbocycles. The van der Waals surface area contributed by atoms with Gasteiger partial charge in [-0.15, -0.1) is 0 Å². The molecule has 1 aliphatic heterocycles. The van der Waals surface area contributed by atoms with Gasteiger partial charge in [0.15, 0.2) is 0 Å². The highest BCUT2D eigenvalue weighted by molar-refractivity contribution is 6.33. The SMILES string of the molecule is Cc1ccc(-n2ncc(N3CCN(C(=O)CC4CCCCC4)CC3)c(Cl)c2=O)cc1Cl. The van der Waals surface area contributed by atoms with Crippen LogP contribution in [0.2, 0.25) is 10.0 Å². The Bertz CT molecular complexity index is 1010. The van der Waals surface area contributed by atoms with Crippen molar-refractivity contribution in [1.29, 1.82) is 0 Å². The third-order valence-electron chi connectivity index (χ3n) is 6.46. The second-order valence-electron chi connectivity index (χ2n) is 8.57. The van der Waals surface area contributed by atoms with Crippen molar-refractivity contribution >= 4 is 34.8 Å². The van der Waals surface area contributed by atoms with E-state index in [9.17, 15) is 9.59 Å². The predicted octanol–water partition coefficient (Wildman–Crippen LogP) is 4.47. The van der Waals surface area contributed by atoms with Crippen LogP contribution in [-0.2, 0) is 4.79 Å². The van der Waals surface area contributed by atoms with Crippen molar-refractivity contribution in [2.45, 2.75) is 45.4 Å². The minimum Gasteiger partial charge on any atom is -0.365 e. The third-order valence-corrected chi connectivity index (χ3v) is 7.22. The highest BCUT2D eigenvalue weighted by atomic mass is 35.5. The Balaban J connectivity index is 1.42. The zero-order valence-corrected chi connectivity index (χ0v) is 19.3. The molecule has 8 heteroatoms. The molecule has 4 rings (SSSR count). The number of aryl methyl sites for hydroxylation is 1. The van der Waals surface area contributed by atoms with Crippen LogP contribution in [0.4, 0.5) is 5.69 Å². The Kier molecular flexibility index (Phi) is 6.87. The first-order valence-electron chi connectivity index (χ1n) is 11.0. The van der Waals surface area contributed by atoms with Gasteiger partial charge in [0.2, 0.25) is 5.91 Å². The normalized spacial score (nSPS) is 17.8. The number of carbonyl (C=O) groups is 1. The Morgan fingerprint density at radius 2 is 1.81 bits per heavy atom. The summed E-state index contributed by atoms with van der Waals surface area (Å²) in [6.07, 6.45) is 8.43. The molecule has 1 aromatic carbocycles. The number of aromatic nitrogens is 2. The molecule has 1 aliphatic carbocycles. The second kappa shape index (κ2) is 9.61. The first-order chi connectivity index (χ1) is 14.9. The van der Waals surface area contributed by atoms with Gasteiger partial charge in [0.25, 0.3) is 5.56 Å². The summed E-state index contributed by atoms with van der Waals surface area (Å²) in [6, 6.07) is 5.34. The van der Waals surface area contributed by atoms with Crippen LogP contribution < -0.4 is 10.5 Å². The standard InChI is InChI=1S/C23H28Cl2N4O2/c1-16-7-8-18(14-19(16)24)29-23(31)22(25)20(15-26-29)27-9-11-28(12-10-27)21(30)13-17-5-3-2-4-6-17/h7-8,14-15,17H,2-6,9-13H2,1H3. The number of nitrogens with zero attached hydrogens (tertiary/aromatic N) is 4. The van der Waals surface area contributed by atoms with E-state index in [2.05, 4.69) is 5.10 Å². The lowest BCUT2D eigenvalue weighted by Crippen LogP contribution is -2.49. The molecule has 6 nitrogen and oxygen atoms in total. The highest BCUT2D eigenvalue weighted by Crippen LogP contribution is 2.28. The van der Waals surface area contributed by atoms with E-state index in [1.807, 2.05) is 22.8 Å². The molecule has 166 valence electrons. The van der Waals surface area contributed by atoms with E-state index >= 15 is 0 Å². The molecule has 0 spiro atoms. The number of halogens is 2. The number of piperazine rings is 1. The topological polar surface area (TPSA) is 58.4 Å². The first-order valence-corrected chi connectivity index (χ1v) is 11.8. The summed E-state index contributed by atoms with van der Waals surface area (Å²) in [5.41, 5.74) is 1.74. The predicted molar refractivity (Wildman–Crippen MR) is 125 cm³/mol. The van der Waals surface area contributed by atoms with E-state index in [1.165, 1.54) is 36.8 Å². The third kappa shape index (κ3) is 4.90. The molecule has 0 atom stereocenters. The molecule has 2 aromatic rings. The number of amides is 1.